The zero-order valence-electron chi connectivity index (χ0n) is 18.7. The van der Waals surface area contributed by atoms with Crippen LogP contribution in [0, 0.1) is 0 Å². The van der Waals surface area contributed by atoms with Gasteiger partial charge in [-0.15, -0.1) is 0 Å². The van der Waals surface area contributed by atoms with Crippen LogP contribution in [0.4, 0.5) is 0 Å². The van der Waals surface area contributed by atoms with Crippen LogP contribution in [0.5, 0.6) is 0 Å². The third-order valence-corrected chi connectivity index (χ3v) is 11.6. The van der Waals surface area contributed by atoms with Crippen LogP contribution in [0.1, 0.15) is 0 Å². The van der Waals surface area contributed by atoms with Gasteiger partial charge < -0.3 is 0 Å². The maximum atomic E-state index is 13.9. The zero-order valence-corrected chi connectivity index (χ0v) is 26.6. The SMILES string of the molecule is O=c1c2ccc3cc4c5c(Br)c(Cl)cc(Br)c5c(=O)c5ccc6cc(c7c(Br)c(Cl)cc(Br)c17)c2c3c6c54. The summed E-state index contributed by atoms with van der Waals surface area (Å²) >= 11 is 27.6. The van der Waals surface area contributed by atoms with Crippen molar-refractivity contribution in [3.8, 4) is 0 Å². The van der Waals surface area contributed by atoms with Crippen LogP contribution < -0.4 is 10.9 Å². The van der Waals surface area contributed by atoms with Crippen LogP contribution in [0.2, 0.25) is 10.0 Å². The minimum Gasteiger partial charge on any atom is -0.289 e. The Balaban J connectivity index is 1.78. The van der Waals surface area contributed by atoms with Crippen molar-refractivity contribution in [1.82, 2.24) is 0 Å². The summed E-state index contributed by atoms with van der Waals surface area (Å²) in [4.78, 5) is 27.7. The molecule has 0 aliphatic heterocycles. The zero-order chi connectivity index (χ0) is 26.4. The van der Waals surface area contributed by atoms with Gasteiger partial charge in [-0.25, -0.2) is 0 Å². The summed E-state index contributed by atoms with van der Waals surface area (Å²) in [6.07, 6.45) is 0. The van der Waals surface area contributed by atoms with Gasteiger partial charge in [0.25, 0.3) is 0 Å². The van der Waals surface area contributed by atoms with Gasteiger partial charge in [0.15, 0.2) is 10.9 Å². The van der Waals surface area contributed by atoms with Crippen molar-refractivity contribution in [1.29, 1.82) is 0 Å². The standard InChI is InChI=1S/C30H8Br4Cl2O2/c31-15-7-18(36)28(34)24-14-6-10-2-4-12-22-13(23-26(30(12)38)16(32)8-17(35)27(23)33)5-9-1-3-11(29(37)25(15)24)21(14)19(9)20(10)22/h1-8H. The topological polar surface area (TPSA) is 34.1 Å². The van der Waals surface area contributed by atoms with E-state index < -0.39 is 0 Å². The fourth-order valence-corrected chi connectivity index (χ4v) is 9.15. The molecular formula is C30H8Br4Cl2O2. The Morgan fingerprint density at radius 2 is 0.842 bits per heavy atom. The largest absolute Gasteiger partial charge is 0.289 e. The van der Waals surface area contributed by atoms with E-state index in [0.29, 0.717) is 49.5 Å². The van der Waals surface area contributed by atoms with Gasteiger partial charge in [0, 0.05) is 61.0 Å². The lowest BCUT2D eigenvalue weighted by Crippen LogP contribution is -2.07. The molecule has 0 spiro atoms. The van der Waals surface area contributed by atoms with E-state index in [2.05, 4.69) is 75.9 Å². The molecular weight excluding hydrogens is 783 g/mol. The summed E-state index contributed by atoms with van der Waals surface area (Å²) in [5.74, 6) is 0. The monoisotopic (exact) mass is 786 g/mol. The average Bonchev–Trinajstić information content (AvgIpc) is 2.89. The molecule has 0 bridgehead atoms. The first-order valence-corrected chi connectivity index (χ1v) is 15.4. The second kappa shape index (κ2) is 7.90. The van der Waals surface area contributed by atoms with Gasteiger partial charge in [-0.2, -0.15) is 0 Å². The highest BCUT2D eigenvalue weighted by atomic mass is 79.9. The van der Waals surface area contributed by atoms with E-state index in [1.807, 2.05) is 24.3 Å². The van der Waals surface area contributed by atoms with E-state index in [-0.39, 0.29) is 10.9 Å². The molecule has 0 heterocycles. The van der Waals surface area contributed by atoms with E-state index in [4.69, 9.17) is 23.2 Å². The first kappa shape index (κ1) is 24.0. The van der Waals surface area contributed by atoms with Gasteiger partial charge in [0.2, 0.25) is 0 Å². The van der Waals surface area contributed by atoms with Gasteiger partial charge in [-0.1, -0.05) is 35.3 Å². The molecule has 0 aliphatic rings. The minimum absolute atomic E-state index is 0.0675. The summed E-state index contributed by atoms with van der Waals surface area (Å²) in [6, 6.07) is 15.5. The van der Waals surface area contributed by atoms with Gasteiger partial charge in [0.1, 0.15) is 0 Å². The van der Waals surface area contributed by atoms with Gasteiger partial charge in [0.05, 0.1) is 10.0 Å². The lowest BCUT2D eigenvalue weighted by atomic mass is 9.84. The Bertz CT molecular complexity index is 2330. The van der Waals surface area contributed by atoms with Crippen molar-refractivity contribution in [3.05, 3.63) is 96.9 Å². The summed E-state index contributed by atoms with van der Waals surface area (Å²) in [5, 5.41) is 12.5. The molecule has 0 unspecified atom stereocenters. The number of rotatable bonds is 0. The predicted molar refractivity (Wildman–Crippen MR) is 176 cm³/mol. The molecule has 182 valence electrons. The summed E-state index contributed by atoms with van der Waals surface area (Å²) in [7, 11) is 0. The summed E-state index contributed by atoms with van der Waals surface area (Å²) in [6.45, 7) is 0. The third kappa shape index (κ3) is 2.79. The molecule has 0 N–H and O–H groups in total. The van der Waals surface area contributed by atoms with Crippen molar-refractivity contribution >= 4 is 162 Å². The van der Waals surface area contributed by atoms with Crippen molar-refractivity contribution in [3.63, 3.8) is 0 Å². The third-order valence-electron chi connectivity index (χ3n) is 7.69. The highest BCUT2D eigenvalue weighted by Crippen LogP contribution is 2.49. The van der Waals surface area contributed by atoms with E-state index in [1.165, 1.54) is 0 Å². The summed E-state index contributed by atoms with van der Waals surface area (Å²) in [5.41, 5.74) is -0.135. The second-order valence-corrected chi connectivity index (χ2v) is 13.6. The average molecular weight is 791 g/mol. The fraction of sp³-hybridized carbons (Fsp3) is 0. The second-order valence-electron chi connectivity index (χ2n) is 9.49. The predicted octanol–water partition coefficient (Wildman–Crippen LogP) is 11.1. The highest BCUT2D eigenvalue weighted by molar-refractivity contribution is 9.11. The molecule has 0 aromatic heterocycles. The molecule has 8 aromatic carbocycles. The normalized spacial score (nSPS) is 12.7. The Hall–Kier alpha value is -1.80. The van der Waals surface area contributed by atoms with Gasteiger partial charge in [-0.3, -0.25) is 9.59 Å². The number of hydrogen-bond acceptors (Lipinski definition) is 2. The van der Waals surface area contributed by atoms with Crippen molar-refractivity contribution in [2.75, 3.05) is 0 Å². The van der Waals surface area contributed by atoms with Crippen LogP contribution in [-0.2, 0) is 0 Å². The Kier molecular flexibility index (Phi) is 5.00. The van der Waals surface area contributed by atoms with E-state index in [9.17, 15) is 9.59 Å². The molecule has 38 heavy (non-hydrogen) atoms. The molecule has 0 radical (unpaired) electrons. The Morgan fingerprint density at radius 3 is 1.24 bits per heavy atom. The van der Waals surface area contributed by atoms with E-state index in [0.717, 1.165) is 53.9 Å². The maximum absolute atomic E-state index is 13.9. The molecule has 0 aliphatic carbocycles. The number of fused-ring (bicyclic) bond motifs is 4. The molecule has 2 nitrogen and oxygen atoms in total. The Morgan fingerprint density at radius 1 is 0.447 bits per heavy atom. The molecule has 0 saturated carbocycles. The molecule has 0 saturated heterocycles. The fourth-order valence-electron chi connectivity index (χ4n) is 6.21. The first-order valence-electron chi connectivity index (χ1n) is 11.4. The van der Waals surface area contributed by atoms with Gasteiger partial charge >= 0.3 is 0 Å². The molecule has 0 fully saturated rings. The van der Waals surface area contributed by atoms with Crippen LogP contribution >= 0.6 is 86.9 Å². The molecule has 8 rings (SSSR count). The lowest BCUT2D eigenvalue weighted by Gasteiger charge is -2.20. The quantitative estimate of drug-likeness (QED) is 0.0871. The Labute approximate surface area is 257 Å². The smallest absolute Gasteiger partial charge is 0.195 e. The van der Waals surface area contributed by atoms with E-state index in [1.54, 1.807) is 12.1 Å². The minimum atomic E-state index is -0.0675. The van der Waals surface area contributed by atoms with Crippen LogP contribution in [0.25, 0.3) is 75.4 Å². The van der Waals surface area contributed by atoms with Crippen LogP contribution in [0.3, 0.4) is 0 Å². The number of halogens is 6. The van der Waals surface area contributed by atoms with Gasteiger partial charge in [-0.05, 0) is 132 Å². The molecule has 0 atom stereocenters. The molecule has 0 amide bonds. The summed E-state index contributed by atoms with van der Waals surface area (Å²) < 4.78 is 2.67. The number of benzene rings is 8. The van der Waals surface area contributed by atoms with Crippen molar-refractivity contribution < 1.29 is 0 Å². The maximum Gasteiger partial charge on any atom is 0.195 e. The number of hydrogen-bond donors (Lipinski definition) is 0. The molecule has 8 aromatic rings. The van der Waals surface area contributed by atoms with E-state index >= 15 is 0 Å². The lowest BCUT2D eigenvalue weighted by molar-refractivity contribution is 1.66. The highest BCUT2D eigenvalue weighted by Gasteiger charge is 2.25. The van der Waals surface area contributed by atoms with Crippen molar-refractivity contribution in [2.24, 2.45) is 0 Å². The first-order chi connectivity index (χ1) is 18.2. The molecule has 8 heteroatoms. The van der Waals surface area contributed by atoms with Crippen LogP contribution in [-0.4, -0.2) is 0 Å². The van der Waals surface area contributed by atoms with Crippen LogP contribution in [0.15, 0.2) is 76.0 Å². The van der Waals surface area contributed by atoms with Crippen molar-refractivity contribution in [2.45, 2.75) is 0 Å².